The Morgan fingerprint density at radius 2 is 2.25 bits per heavy atom. The third kappa shape index (κ3) is 3.25. The first-order chi connectivity index (χ1) is 11.6. The van der Waals surface area contributed by atoms with Gasteiger partial charge in [0, 0.05) is 23.9 Å². The molecule has 3 rings (SSSR count). The number of hydrogen-bond donors (Lipinski definition) is 2. The number of likely N-dealkylation sites (tertiary alicyclic amines) is 1. The van der Waals surface area contributed by atoms with Gasteiger partial charge in [0.15, 0.2) is 11.6 Å². The normalized spacial score (nSPS) is 19.1. The minimum Gasteiger partial charge on any atom is -0.331 e. The van der Waals surface area contributed by atoms with Gasteiger partial charge in [-0.25, -0.2) is 13.6 Å². The van der Waals surface area contributed by atoms with Crippen molar-refractivity contribution in [1.29, 1.82) is 0 Å². The number of aromatic nitrogens is 2. The molecule has 0 spiro atoms. The number of nitrogens with zero attached hydrogens (tertiary/aromatic N) is 2. The van der Waals surface area contributed by atoms with Crippen molar-refractivity contribution >= 4 is 6.03 Å². The maximum atomic E-state index is 13.9. The van der Waals surface area contributed by atoms with Gasteiger partial charge in [0.05, 0.1) is 18.3 Å². The van der Waals surface area contributed by atoms with E-state index in [9.17, 15) is 13.6 Å². The van der Waals surface area contributed by atoms with Crippen molar-refractivity contribution in [3.63, 3.8) is 0 Å². The van der Waals surface area contributed by atoms with E-state index in [0.29, 0.717) is 6.54 Å². The van der Waals surface area contributed by atoms with Crippen LogP contribution >= 0.6 is 0 Å². The minimum atomic E-state index is -0.921. The molecule has 2 N–H and O–H groups in total. The Hall–Kier alpha value is -2.44. The molecule has 24 heavy (non-hydrogen) atoms. The second kappa shape index (κ2) is 6.98. The van der Waals surface area contributed by atoms with E-state index in [2.05, 4.69) is 15.5 Å². The number of carbonyl (C=O) groups is 1. The molecule has 1 fully saturated rings. The number of benzene rings is 1. The SMILES string of the molecule is C[C@@H](NC(=O)N1CCCC[C@@H]1c1cn[nH]c1)c1cccc(F)c1F. The fourth-order valence-electron chi connectivity index (χ4n) is 3.17. The fourth-order valence-corrected chi connectivity index (χ4v) is 3.17. The van der Waals surface area contributed by atoms with Crippen LogP contribution in [0, 0.1) is 11.6 Å². The largest absolute Gasteiger partial charge is 0.331 e. The van der Waals surface area contributed by atoms with Crippen LogP contribution in [0.3, 0.4) is 0 Å². The fraction of sp³-hybridized carbons (Fsp3) is 0.412. The van der Waals surface area contributed by atoms with Crippen molar-refractivity contribution in [1.82, 2.24) is 20.4 Å². The van der Waals surface area contributed by atoms with Gasteiger partial charge in [-0.3, -0.25) is 5.10 Å². The number of hydrogen-bond acceptors (Lipinski definition) is 2. The third-order valence-electron chi connectivity index (χ3n) is 4.46. The summed E-state index contributed by atoms with van der Waals surface area (Å²) in [5, 5.41) is 9.49. The summed E-state index contributed by atoms with van der Waals surface area (Å²) in [6.07, 6.45) is 6.31. The van der Waals surface area contributed by atoms with Crippen molar-refractivity contribution in [2.75, 3.05) is 6.54 Å². The molecular formula is C17H20F2N4O. The van der Waals surface area contributed by atoms with Gasteiger partial charge in [0.1, 0.15) is 0 Å². The summed E-state index contributed by atoms with van der Waals surface area (Å²) in [7, 11) is 0. The molecule has 2 heterocycles. The number of aromatic amines is 1. The highest BCUT2D eigenvalue weighted by atomic mass is 19.2. The van der Waals surface area contributed by atoms with Gasteiger partial charge in [-0.2, -0.15) is 5.10 Å². The van der Waals surface area contributed by atoms with Gasteiger partial charge in [0.25, 0.3) is 0 Å². The van der Waals surface area contributed by atoms with Crippen LogP contribution in [0.5, 0.6) is 0 Å². The Labute approximate surface area is 139 Å². The topological polar surface area (TPSA) is 61.0 Å². The number of H-pyrrole nitrogens is 1. The third-order valence-corrected chi connectivity index (χ3v) is 4.46. The molecule has 1 aromatic carbocycles. The van der Waals surface area contributed by atoms with Crippen molar-refractivity contribution in [2.45, 2.75) is 38.3 Å². The summed E-state index contributed by atoms with van der Waals surface area (Å²) in [4.78, 5) is 14.4. The van der Waals surface area contributed by atoms with Crippen LogP contribution in [-0.4, -0.2) is 27.7 Å². The average molecular weight is 334 g/mol. The second-order valence-electron chi connectivity index (χ2n) is 6.05. The van der Waals surface area contributed by atoms with Crippen molar-refractivity contribution in [2.24, 2.45) is 0 Å². The number of nitrogens with one attached hydrogen (secondary N) is 2. The van der Waals surface area contributed by atoms with E-state index in [1.807, 2.05) is 0 Å². The highest BCUT2D eigenvalue weighted by Crippen LogP contribution is 2.30. The first-order valence-corrected chi connectivity index (χ1v) is 8.07. The number of urea groups is 1. The summed E-state index contributed by atoms with van der Waals surface area (Å²) in [5.74, 6) is -1.84. The molecule has 0 aliphatic carbocycles. The summed E-state index contributed by atoms with van der Waals surface area (Å²) in [6.45, 7) is 2.27. The first-order valence-electron chi connectivity index (χ1n) is 8.07. The van der Waals surface area contributed by atoms with Crippen molar-refractivity contribution < 1.29 is 13.6 Å². The zero-order valence-corrected chi connectivity index (χ0v) is 13.4. The van der Waals surface area contributed by atoms with Gasteiger partial charge >= 0.3 is 6.03 Å². The molecule has 7 heteroatoms. The number of piperidine rings is 1. The maximum Gasteiger partial charge on any atom is 0.318 e. The lowest BCUT2D eigenvalue weighted by molar-refractivity contribution is 0.149. The lowest BCUT2D eigenvalue weighted by Crippen LogP contribution is -2.45. The molecule has 0 bridgehead atoms. The van der Waals surface area contributed by atoms with Crippen LogP contribution in [0.25, 0.3) is 0 Å². The lowest BCUT2D eigenvalue weighted by atomic mass is 9.98. The number of halogens is 2. The number of rotatable bonds is 3. The van der Waals surface area contributed by atoms with Gasteiger partial charge in [0.2, 0.25) is 0 Å². The van der Waals surface area contributed by atoms with E-state index < -0.39 is 17.7 Å². The summed E-state index contributed by atoms with van der Waals surface area (Å²) in [6, 6.07) is 3.02. The summed E-state index contributed by atoms with van der Waals surface area (Å²) < 4.78 is 27.3. The molecule has 1 aliphatic rings. The summed E-state index contributed by atoms with van der Waals surface area (Å²) in [5.41, 5.74) is 1.09. The molecule has 5 nitrogen and oxygen atoms in total. The molecule has 1 aromatic heterocycles. The molecule has 2 amide bonds. The number of amides is 2. The zero-order chi connectivity index (χ0) is 17.1. The minimum absolute atomic E-state index is 0.0537. The van der Waals surface area contributed by atoms with Gasteiger partial charge in [-0.15, -0.1) is 0 Å². The van der Waals surface area contributed by atoms with E-state index in [0.717, 1.165) is 30.9 Å². The Kier molecular flexibility index (Phi) is 4.78. The average Bonchev–Trinajstić information content (AvgIpc) is 3.11. The monoisotopic (exact) mass is 334 g/mol. The maximum absolute atomic E-state index is 13.9. The standard InChI is InChI=1S/C17H20F2N4O/c1-11(13-5-4-6-14(18)16(13)19)22-17(24)23-8-3-2-7-15(23)12-9-20-21-10-12/h4-6,9-11,15H,2-3,7-8H2,1H3,(H,20,21)(H,22,24)/t11-,15-/m1/s1. The van der Waals surface area contributed by atoms with E-state index in [1.165, 1.54) is 12.1 Å². The van der Waals surface area contributed by atoms with Crippen molar-refractivity contribution in [3.8, 4) is 0 Å². The molecule has 0 radical (unpaired) electrons. The predicted molar refractivity (Wildman–Crippen MR) is 85.2 cm³/mol. The van der Waals surface area contributed by atoms with Crippen LogP contribution < -0.4 is 5.32 Å². The number of carbonyl (C=O) groups excluding carboxylic acids is 1. The van der Waals surface area contributed by atoms with E-state index >= 15 is 0 Å². The Balaban J connectivity index is 1.74. The van der Waals surface area contributed by atoms with Crippen LogP contribution in [0.4, 0.5) is 13.6 Å². The second-order valence-corrected chi connectivity index (χ2v) is 6.05. The van der Waals surface area contributed by atoms with Gasteiger partial charge in [-0.1, -0.05) is 12.1 Å². The quantitative estimate of drug-likeness (QED) is 0.899. The van der Waals surface area contributed by atoms with E-state index in [-0.39, 0.29) is 17.6 Å². The van der Waals surface area contributed by atoms with Gasteiger partial charge < -0.3 is 10.2 Å². The predicted octanol–water partition coefficient (Wildman–Crippen LogP) is 3.69. The smallest absolute Gasteiger partial charge is 0.318 e. The first kappa shape index (κ1) is 16.4. The van der Waals surface area contributed by atoms with Crippen LogP contribution in [0.15, 0.2) is 30.6 Å². The van der Waals surface area contributed by atoms with Crippen LogP contribution in [-0.2, 0) is 0 Å². The van der Waals surface area contributed by atoms with Crippen LogP contribution in [0.1, 0.15) is 49.4 Å². The van der Waals surface area contributed by atoms with Gasteiger partial charge in [-0.05, 0) is 32.3 Å². The highest BCUT2D eigenvalue weighted by molar-refractivity contribution is 5.75. The molecular weight excluding hydrogens is 314 g/mol. The van der Waals surface area contributed by atoms with E-state index in [4.69, 9.17) is 0 Å². The molecule has 0 saturated carbocycles. The highest BCUT2D eigenvalue weighted by Gasteiger charge is 2.29. The summed E-state index contributed by atoms with van der Waals surface area (Å²) >= 11 is 0. The van der Waals surface area contributed by atoms with Crippen molar-refractivity contribution in [3.05, 3.63) is 53.4 Å². The Bertz CT molecular complexity index is 705. The molecule has 2 atom stereocenters. The Morgan fingerprint density at radius 3 is 3.00 bits per heavy atom. The lowest BCUT2D eigenvalue weighted by Gasteiger charge is -2.36. The molecule has 128 valence electrons. The molecule has 1 saturated heterocycles. The Morgan fingerprint density at radius 1 is 1.42 bits per heavy atom. The molecule has 2 aromatic rings. The molecule has 1 aliphatic heterocycles. The zero-order valence-electron chi connectivity index (χ0n) is 13.4. The molecule has 0 unspecified atom stereocenters. The van der Waals surface area contributed by atoms with Crippen LogP contribution in [0.2, 0.25) is 0 Å². The van der Waals surface area contributed by atoms with E-state index in [1.54, 1.807) is 24.2 Å².